The van der Waals surface area contributed by atoms with E-state index in [0.717, 1.165) is 5.56 Å². The van der Waals surface area contributed by atoms with Crippen LogP contribution < -0.4 is 9.47 Å². The number of para-hydroxylation sites is 1. The highest BCUT2D eigenvalue weighted by atomic mass is 16.5. The van der Waals surface area contributed by atoms with Gasteiger partial charge in [0.2, 0.25) is 0 Å². The lowest BCUT2D eigenvalue weighted by atomic mass is 9.95. The molecule has 5 rings (SSSR count). The largest absolute Gasteiger partial charge is 0.507 e. The van der Waals surface area contributed by atoms with Crippen molar-refractivity contribution >= 4 is 17.4 Å². The Labute approximate surface area is 233 Å². The van der Waals surface area contributed by atoms with Gasteiger partial charge in [0.25, 0.3) is 11.7 Å². The van der Waals surface area contributed by atoms with E-state index in [-0.39, 0.29) is 17.9 Å². The molecule has 7 nitrogen and oxygen atoms in total. The van der Waals surface area contributed by atoms with Gasteiger partial charge in [-0.15, -0.1) is 0 Å². The van der Waals surface area contributed by atoms with Crippen LogP contribution in [-0.4, -0.2) is 33.3 Å². The number of hydrogen-bond donors (Lipinski definition) is 1. The van der Waals surface area contributed by atoms with Gasteiger partial charge in [0.15, 0.2) is 0 Å². The van der Waals surface area contributed by atoms with E-state index in [1.165, 1.54) is 4.90 Å². The third-order valence-corrected chi connectivity index (χ3v) is 6.46. The van der Waals surface area contributed by atoms with Crippen molar-refractivity contribution in [2.75, 3.05) is 6.61 Å². The molecule has 0 saturated carbocycles. The van der Waals surface area contributed by atoms with Gasteiger partial charge in [-0.2, -0.15) is 0 Å². The van der Waals surface area contributed by atoms with Crippen LogP contribution in [0.4, 0.5) is 0 Å². The summed E-state index contributed by atoms with van der Waals surface area (Å²) in [7, 11) is 0. The average molecular weight is 535 g/mol. The first-order valence-electron chi connectivity index (χ1n) is 13.1. The standard InChI is InChI=1S/C33H30N2O5/c1-22(2)21-39-27-14-7-11-25(18-27)31(36)29-30(35(33(38)32(29)37)20-23-9-8-16-34-19-23)24-10-6-15-28(17-24)40-26-12-4-3-5-13-26/h3-19,22,30,36H,20-21H2,1-2H3/b31-29-. The predicted molar refractivity (Wildman–Crippen MR) is 152 cm³/mol. The summed E-state index contributed by atoms with van der Waals surface area (Å²) in [5, 5.41) is 11.5. The summed E-state index contributed by atoms with van der Waals surface area (Å²) in [6, 6.07) is 26.2. The van der Waals surface area contributed by atoms with Crippen molar-refractivity contribution in [2.45, 2.75) is 26.4 Å². The van der Waals surface area contributed by atoms with E-state index in [4.69, 9.17) is 9.47 Å². The molecule has 1 aliphatic rings. The highest BCUT2D eigenvalue weighted by Crippen LogP contribution is 2.41. The van der Waals surface area contributed by atoms with Gasteiger partial charge in [-0.3, -0.25) is 14.6 Å². The fourth-order valence-corrected chi connectivity index (χ4v) is 4.60. The molecule has 1 aromatic heterocycles. The minimum atomic E-state index is -0.847. The number of nitrogens with zero attached hydrogens (tertiary/aromatic N) is 2. The highest BCUT2D eigenvalue weighted by molar-refractivity contribution is 6.46. The predicted octanol–water partition coefficient (Wildman–Crippen LogP) is 6.53. The lowest BCUT2D eigenvalue weighted by Crippen LogP contribution is -2.29. The Morgan fingerprint density at radius 1 is 0.900 bits per heavy atom. The fraction of sp³-hybridized carbons (Fsp3) is 0.182. The highest BCUT2D eigenvalue weighted by Gasteiger charge is 2.46. The maximum atomic E-state index is 13.5. The zero-order valence-corrected chi connectivity index (χ0v) is 22.4. The topological polar surface area (TPSA) is 89.0 Å². The number of ether oxygens (including phenoxy) is 2. The van der Waals surface area contributed by atoms with E-state index >= 15 is 0 Å². The third-order valence-electron chi connectivity index (χ3n) is 6.46. The number of Topliss-reactive ketones (excluding diaryl/α,β-unsaturated/α-hetero) is 1. The van der Waals surface area contributed by atoms with Crippen molar-refractivity contribution in [3.63, 3.8) is 0 Å². The van der Waals surface area contributed by atoms with Gasteiger partial charge in [-0.1, -0.05) is 62.4 Å². The van der Waals surface area contributed by atoms with Crippen LogP contribution in [0.15, 0.2) is 109 Å². The Balaban J connectivity index is 1.58. The number of carbonyl (C=O) groups is 2. The minimum Gasteiger partial charge on any atom is -0.507 e. The fourth-order valence-electron chi connectivity index (χ4n) is 4.60. The molecular formula is C33H30N2O5. The Morgan fingerprint density at radius 3 is 2.40 bits per heavy atom. The Bertz CT molecular complexity index is 1530. The second-order valence-electron chi connectivity index (χ2n) is 10.0. The van der Waals surface area contributed by atoms with Crippen LogP contribution in [-0.2, 0) is 16.1 Å². The van der Waals surface area contributed by atoms with Gasteiger partial charge in [0.1, 0.15) is 23.0 Å². The van der Waals surface area contributed by atoms with E-state index in [2.05, 4.69) is 4.98 Å². The molecule has 0 bridgehead atoms. The van der Waals surface area contributed by atoms with Gasteiger partial charge >= 0.3 is 0 Å². The van der Waals surface area contributed by atoms with Gasteiger partial charge in [0.05, 0.1) is 18.2 Å². The third kappa shape index (κ3) is 5.89. The number of aliphatic hydroxyl groups excluding tert-OH is 1. The Kier molecular flexibility index (Phi) is 7.92. The first-order valence-corrected chi connectivity index (χ1v) is 13.1. The molecule has 0 radical (unpaired) electrons. The lowest BCUT2D eigenvalue weighted by molar-refractivity contribution is -0.140. The molecule has 40 heavy (non-hydrogen) atoms. The average Bonchev–Trinajstić information content (AvgIpc) is 3.22. The minimum absolute atomic E-state index is 0.00626. The molecule has 1 saturated heterocycles. The van der Waals surface area contributed by atoms with Crippen LogP contribution in [0.5, 0.6) is 17.2 Å². The number of aromatic nitrogens is 1. The van der Waals surface area contributed by atoms with Crippen molar-refractivity contribution < 1.29 is 24.2 Å². The quantitative estimate of drug-likeness (QED) is 0.149. The molecule has 1 N–H and O–H groups in total. The molecule has 1 aliphatic heterocycles. The van der Waals surface area contributed by atoms with Crippen molar-refractivity contribution in [1.82, 2.24) is 9.88 Å². The number of carbonyl (C=O) groups excluding carboxylic acids is 2. The monoisotopic (exact) mass is 534 g/mol. The van der Waals surface area contributed by atoms with Crippen molar-refractivity contribution in [2.24, 2.45) is 5.92 Å². The van der Waals surface area contributed by atoms with Gasteiger partial charge < -0.3 is 19.5 Å². The molecule has 1 fully saturated rings. The SMILES string of the molecule is CC(C)COc1cccc(/C(O)=C2/C(=O)C(=O)N(Cc3cccnc3)C2c2cccc(Oc3ccccc3)c2)c1. The second kappa shape index (κ2) is 11.9. The van der Waals surface area contributed by atoms with Crippen molar-refractivity contribution in [3.8, 4) is 17.2 Å². The summed E-state index contributed by atoms with van der Waals surface area (Å²) in [6.45, 7) is 4.74. The maximum Gasteiger partial charge on any atom is 0.295 e. The number of amides is 1. The number of likely N-dealkylation sites (tertiary alicyclic amines) is 1. The molecule has 0 aliphatic carbocycles. The van der Waals surface area contributed by atoms with Crippen LogP contribution >= 0.6 is 0 Å². The van der Waals surface area contributed by atoms with Crippen LogP contribution in [0, 0.1) is 5.92 Å². The molecule has 3 aromatic carbocycles. The number of hydrogen-bond acceptors (Lipinski definition) is 6. The van der Waals surface area contributed by atoms with E-state index in [9.17, 15) is 14.7 Å². The number of benzene rings is 3. The van der Waals surface area contributed by atoms with Crippen LogP contribution in [0.1, 0.15) is 36.6 Å². The summed E-state index contributed by atoms with van der Waals surface area (Å²) >= 11 is 0. The van der Waals surface area contributed by atoms with E-state index < -0.39 is 17.7 Å². The van der Waals surface area contributed by atoms with Crippen LogP contribution in [0.2, 0.25) is 0 Å². The Morgan fingerprint density at radius 2 is 1.65 bits per heavy atom. The van der Waals surface area contributed by atoms with E-state index in [1.807, 2.05) is 56.3 Å². The summed E-state index contributed by atoms with van der Waals surface area (Å²) in [5.74, 6) is 0.368. The maximum absolute atomic E-state index is 13.5. The zero-order chi connectivity index (χ0) is 28.1. The molecule has 1 atom stereocenters. The zero-order valence-electron chi connectivity index (χ0n) is 22.4. The smallest absolute Gasteiger partial charge is 0.295 e. The molecule has 0 spiro atoms. The van der Waals surface area contributed by atoms with Gasteiger partial charge in [-0.25, -0.2) is 0 Å². The molecule has 1 amide bonds. The number of pyridine rings is 1. The number of ketones is 1. The van der Waals surface area contributed by atoms with E-state index in [1.54, 1.807) is 60.9 Å². The Hall–Kier alpha value is -4.91. The van der Waals surface area contributed by atoms with Crippen molar-refractivity contribution in [3.05, 3.63) is 126 Å². The molecular weight excluding hydrogens is 504 g/mol. The van der Waals surface area contributed by atoms with E-state index in [0.29, 0.717) is 40.9 Å². The molecule has 1 unspecified atom stereocenters. The van der Waals surface area contributed by atoms with Crippen molar-refractivity contribution in [1.29, 1.82) is 0 Å². The number of aliphatic hydroxyl groups is 1. The molecule has 202 valence electrons. The van der Waals surface area contributed by atoms with Gasteiger partial charge in [-0.05, 0) is 59.5 Å². The lowest BCUT2D eigenvalue weighted by Gasteiger charge is -2.25. The summed E-state index contributed by atoms with van der Waals surface area (Å²) in [6.07, 6.45) is 3.30. The summed E-state index contributed by atoms with van der Waals surface area (Å²) < 4.78 is 11.9. The van der Waals surface area contributed by atoms with Crippen LogP contribution in [0.3, 0.4) is 0 Å². The molecule has 4 aromatic rings. The number of rotatable bonds is 9. The van der Waals surface area contributed by atoms with Gasteiger partial charge in [0, 0.05) is 24.5 Å². The summed E-state index contributed by atoms with van der Waals surface area (Å²) in [5.41, 5.74) is 1.79. The first-order chi connectivity index (χ1) is 19.4. The molecule has 7 heteroatoms. The van der Waals surface area contributed by atoms with Crippen LogP contribution in [0.25, 0.3) is 5.76 Å². The molecule has 2 heterocycles. The normalized spacial score (nSPS) is 16.4. The first kappa shape index (κ1) is 26.7. The summed E-state index contributed by atoms with van der Waals surface area (Å²) in [4.78, 5) is 32.5. The second-order valence-corrected chi connectivity index (χ2v) is 10.0.